The molecule has 2 aromatic rings. The Kier molecular flexibility index (Phi) is 2.77. The fraction of sp³-hybridized carbons (Fsp3) is 0. The van der Waals surface area contributed by atoms with Gasteiger partial charge in [-0.05, 0) is 18.2 Å². The van der Waals surface area contributed by atoms with E-state index in [1.807, 2.05) is 0 Å². The number of fused-ring (bicyclic) bond motifs is 2. The van der Waals surface area contributed by atoms with E-state index < -0.39 is 9.05 Å². The van der Waals surface area contributed by atoms with Crippen LogP contribution in [0.4, 0.5) is 0 Å². The molecule has 2 aromatic carbocycles. The molecule has 0 unspecified atom stereocenters. The normalized spacial score (nSPS) is 13.8. The molecular formula is C14H7ClO4S. The number of benzene rings is 2. The second-order valence-corrected chi connectivity index (χ2v) is 6.92. The van der Waals surface area contributed by atoms with E-state index >= 15 is 0 Å². The summed E-state index contributed by atoms with van der Waals surface area (Å²) >= 11 is 0. The molecule has 0 N–H and O–H groups in total. The first-order valence-electron chi connectivity index (χ1n) is 5.67. The standard InChI is InChI=1S/C14H7ClO4S/c15-20(18,19)8-5-6-11-12(7-8)14(17)10-4-2-1-3-9(10)13(11)16/h1-7H. The number of hydrogen-bond donors (Lipinski definition) is 0. The molecule has 0 heterocycles. The molecule has 0 saturated carbocycles. The highest BCUT2D eigenvalue weighted by molar-refractivity contribution is 8.13. The fourth-order valence-corrected chi connectivity index (χ4v) is 3.01. The van der Waals surface area contributed by atoms with E-state index in [0.717, 1.165) is 6.07 Å². The third-order valence-electron chi connectivity index (χ3n) is 3.18. The van der Waals surface area contributed by atoms with Crippen molar-refractivity contribution in [2.75, 3.05) is 0 Å². The lowest BCUT2D eigenvalue weighted by Gasteiger charge is -2.17. The quantitative estimate of drug-likeness (QED) is 0.647. The number of ketones is 2. The van der Waals surface area contributed by atoms with Gasteiger partial charge in [-0.25, -0.2) is 8.42 Å². The Bertz CT molecular complexity index is 868. The van der Waals surface area contributed by atoms with Crippen LogP contribution in [0.5, 0.6) is 0 Å². The largest absolute Gasteiger partial charge is 0.289 e. The molecule has 1 aliphatic rings. The van der Waals surface area contributed by atoms with Gasteiger partial charge < -0.3 is 0 Å². The highest BCUT2D eigenvalue weighted by Gasteiger charge is 2.30. The van der Waals surface area contributed by atoms with Crippen molar-refractivity contribution in [2.24, 2.45) is 0 Å². The lowest BCUT2D eigenvalue weighted by molar-refractivity contribution is 0.0979. The molecule has 4 nitrogen and oxygen atoms in total. The zero-order chi connectivity index (χ0) is 14.5. The molecule has 0 aliphatic heterocycles. The highest BCUT2D eigenvalue weighted by Crippen LogP contribution is 2.29. The van der Waals surface area contributed by atoms with Gasteiger partial charge in [0.05, 0.1) is 4.90 Å². The summed E-state index contributed by atoms with van der Waals surface area (Å²) < 4.78 is 22.6. The van der Waals surface area contributed by atoms with E-state index in [1.165, 1.54) is 12.1 Å². The SMILES string of the molecule is O=C1c2ccccc2C(=O)c2cc(S(=O)(=O)Cl)ccc21. The van der Waals surface area contributed by atoms with Crippen LogP contribution in [-0.4, -0.2) is 20.0 Å². The van der Waals surface area contributed by atoms with Gasteiger partial charge in [0.1, 0.15) is 0 Å². The number of carbonyl (C=O) groups excluding carboxylic acids is 2. The van der Waals surface area contributed by atoms with Crippen LogP contribution in [0.3, 0.4) is 0 Å². The fourth-order valence-electron chi connectivity index (χ4n) is 2.23. The highest BCUT2D eigenvalue weighted by atomic mass is 35.7. The Hall–Kier alpha value is -1.98. The molecule has 20 heavy (non-hydrogen) atoms. The molecule has 1 aliphatic carbocycles. The first-order valence-corrected chi connectivity index (χ1v) is 7.97. The summed E-state index contributed by atoms with van der Waals surface area (Å²) in [6.07, 6.45) is 0. The molecule has 0 atom stereocenters. The molecule has 100 valence electrons. The average Bonchev–Trinajstić information content (AvgIpc) is 2.43. The van der Waals surface area contributed by atoms with Crippen molar-refractivity contribution < 1.29 is 18.0 Å². The number of rotatable bonds is 1. The van der Waals surface area contributed by atoms with Crippen LogP contribution in [0.15, 0.2) is 47.4 Å². The minimum absolute atomic E-state index is 0.0652. The number of halogens is 1. The van der Waals surface area contributed by atoms with E-state index in [1.54, 1.807) is 24.3 Å². The van der Waals surface area contributed by atoms with Gasteiger partial charge in [0.2, 0.25) is 0 Å². The maximum Gasteiger partial charge on any atom is 0.261 e. The molecule has 0 aromatic heterocycles. The number of carbonyl (C=O) groups is 2. The van der Waals surface area contributed by atoms with Gasteiger partial charge in [0, 0.05) is 32.9 Å². The molecule has 0 bridgehead atoms. The summed E-state index contributed by atoms with van der Waals surface area (Å²) in [5, 5.41) is 0. The van der Waals surface area contributed by atoms with Gasteiger partial charge in [-0.2, -0.15) is 0 Å². The molecule has 0 fully saturated rings. The van der Waals surface area contributed by atoms with Crippen molar-refractivity contribution in [3.05, 3.63) is 64.7 Å². The molecule has 6 heteroatoms. The monoisotopic (exact) mass is 306 g/mol. The number of hydrogen-bond acceptors (Lipinski definition) is 4. The molecule has 3 rings (SSSR count). The summed E-state index contributed by atoms with van der Waals surface area (Å²) in [5.74, 6) is -0.675. The van der Waals surface area contributed by atoms with E-state index in [4.69, 9.17) is 10.7 Å². The molecule has 0 amide bonds. The first-order chi connectivity index (χ1) is 9.39. The topological polar surface area (TPSA) is 68.3 Å². The van der Waals surface area contributed by atoms with Crippen LogP contribution in [-0.2, 0) is 9.05 Å². The van der Waals surface area contributed by atoms with Crippen LogP contribution in [0.1, 0.15) is 31.8 Å². The van der Waals surface area contributed by atoms with Gasteiger partial charge >= 0.3 is 0 Å². The van der Waals surface area contributed by atoms with Crippen LogP contribution in [0.25, 0.3) is 0 Å². The van der Waals surface area contributed by atoms with Crippen LogP contribution in [0.2, 0.25) is 0 Å². The maximum absolute atomic E-state index is 12.3. The summed E-state index contributed by atoms with van der Waals surface area (Å²) in [7, 11) is 1.32. The maximum atomic E-state index is 12.3. The summed E-state index contributed by atoms with van der Waals surface area (Å²) in [6.45, 7) is 0. The molecular weight excluding hydrogens is 300 g/mol. The van der Waals surface area contributed by atoms with Crippen molar-refractivity contribution in [2.45, 2.75) is 4.90 Å². The molecule has 0 spiro atoms. The van der Waals surface area contributed by atoms with Gasteiger partial charge in [0.15, 0.2) is 11.6 Å². The van der Waals surface area contributed by atoms with E-state index in [-0.39, 0.29) is 33.2 Å². The minimum atomic E-state index is -3.95. The van der Waals surface area contributed by atoms with Crippen molar-refractivity contribution in [3.8, 4) is 0 Å². The Morgan fingerprint density at radius 2 is 1.25 bits per heavy atom. The van der Waals surface area contributed by atoms with Crippen LogP contribution in [0, 0.1) is 0 Å². The van der Waals surface area contributed by atoms with Crippen LogP contribution >= 0.6 is 10.7 Å². The predicted octanol–water partition coefficient (Wildman–Crippen LogP) is 2.39. The van der Waals surface area contributed by atoms with E-state index in [2.05, 4.69) is 0 Å². The van der Waals surface area contributed by atoms with Crippen molar-refractivity contribution >= 4 is 31.3 Å². The first kappa shape index (κ1) is 13.0. The second-order valence-electron chi connectivity index (χ2n) is 4.35. The lowest BCUT2D eigenvalue weighted by Crippen LogP contribution is -2.21. The third-order valence-corrected chi connectivity index (χ3v) is 4.53. The summed E-state index contributed by atoms with van der Waals surface area (Å²) in [4.78, 5) is 24.4. The van der Waals surface area contributed by atoms with Crippen LogP contribution < -0.4 is 0 Å². The molecule has 0 saturated heterocycles. The second kappa shape index (κ2) is 4.26. The van der Waals surface area contributed by atoms with Gasteiger partial charge in [-0.3, -0.25) is 9.59 Å². The predicted molar refractivity (Wildman–Crippen MR) is 72.8 cm³/mol. The Morgan fingerprint density at radius 1 is 0.750 bits per heavy atom. The lowest BCUT2D eigenvalue weighted by atomic mass is 9.84. The Labute approximate surface area is 119 Å². The van der Waals surface area contributed by atoms with Gasteiger partial charge in [-0.1, -0.05) is 24.3 Å². The molecule has 0 radical (unpaired) electrons. The van der Waals surface area contributed by atoms with Crippen molar-refractivity contribution in [3.63, 3.8) is 0 Å². The smallest absolute Gasteiger partial charge is 0.261 e. The van der Waals surface area contributed by atoms with Crippen molar-refractivity contribution in [1.29, 1.82) is 0 Å². The Morgan fingerprint density at radius 3 is 1.80 bits per heavy atom. The van der Waals surface area contributed by atoms with Crippen molar-refractivity contribution in [1.82, 2.24) is 0 Å². The van der Waals surface area contributed by atoms with Gasteiger partial charge in [0.25, 0.3) is 9.05 Å². The zero-order valence-corrected chi connectivity index (χ0v) is 11.5. The average molecular weight is 307 g/mol. The zero-order valence-electron chi connectivity index (χ0n) is 9.96. The van der Waals surface area contributed by atoms with E-state index in [9.17, 15) is 18.0 Å². The minimum Gasteiger partial charge on any atom is -0.289 e. The van der Waals surface area contributed by atoms with E-state index in [0.29, 0.717) is 5.56 Å². The van der Waals surface area contributed by atoms with Gasteiger partial charge in [-0.15, -0.1) is 0 Å². The Balaban J connectivity index is 2.29. The third kappa shape index (κ3) is 1.87. The summed E-state index contributed by atoms with van der Waals surface area (Å²) in [5.41, 5.74) is 0.855. The summed E-state index contributed by atoms with van der Waals surface area (Å²) in [6, 6.07) is 10.1.